The predicted octanol–water partition coefficient (Wildman–Crippen LogP) is 0.875. The zero-order valence-electron chi connectivity index (χ0n) is 8.33. The standard InChI is InChI=1S/C10H14N2O2/c1-6-3-8(11)9(12)4-7(6)5-10(13)14-2/h3-4H,5,11-12H2,1-2H3. The van der Waals surface area contributed by atoms with E-state index in [1.54, 1.807) is 12.1 Å². The van der Waals surface area contributed by atoms with Crippen molar-refractivity contribution in [3.8, 4) is 0 Å². The van der Waals surface area contributed by atoms with Gasteiger partial charge in [0, 0.05) is 0 Å². The summed E-state index contributed by atoms with van der Waals surface area (Å²) >= 11 is 0. The number of hydrogen-bond donors (Lipinski definition) is 2. The van der Waals surface area contributed by atoms with Crippen LogP contribution in [0, 0.1) is 6.92 Å². The summed E-state index contributed by atoms with van der Waals surface area (Å²) in [7, 11) is 1.36. The van der Waals surface area contributed by atoms with Crippen LogP contribution < -0.4 is 11.5 Å². The number of nitrogen functional groups attached to an aromatic ring is 2. The maximum atomic E-state index is 11.0. The van der Waals surface area contributed by atoms with Gasteiger partial charge in [-0.2, -0.15) is 0 Å². The number of nitrogens with two attached hydrogens (primary N) is 2. The molecule has 4 heteroatoms. The number of benzene rings is 1. The molecule has 1 rings (SSSR count). The van der Waals surface area contributed by atoms with Crippen molar-refractivity contribution in [1.82, 2.24) is 0 Å². The molecule has 0 aliphatic heterocycles. The van der Waals surface area contributed by atoms with Gasteiger partial charge in [-0.1, -0.05) is 0 Å². The van der Waals surface area contributed by atoms with Gasteiger partial charge in [0.15, 0.2) is 0 Å². The summed E-state index contributed by atoms with van der Waals surface area (Å²) in [4.78, 5) is 11.0. The molecule has 0 radical (unpaired) electrons. The van der Waals surface area contributed by atoms with Gasteiger partial charge in [-0.05, 0) is 30.2 Å². The maximum absolute atomic E-state index is 11.0. The molecule has 0 aliphatic carbocycles. The van der Waals surface area contributed by atoms with Crippen molar-refractivity contribution in [2.24, 2.45) is 0 Å². The first-order valence-electron chi connectivity index (χ1n) is 4.26. The molecule has 0 saturated heterocycles. The summed E-state index contributed by atoms with van der Waals surface area (Å²) in [6.45, 7) is 1.88. The molecule has 0 heterocycles. The van der Waals surface area contributed by atoms with E-state index in [-0.39, 0.29) is 12.4 Å². The van der Waals surface area contributed by atoms with Crippen molar-refractivity contribution >= 4 is 17.3 Å². The maximum Gasteiger partial charge on any atom is 0.309 e. The number of carbonyl (C=O) groups is 1. The van der Waals surface area contributed by atoms with E-state index in [4.69, 9.17) is 11.5 Å². The third-order valence-electron chi connectivity index (χ3n) is 2.10. The Bertz CT molecular complexity index is 361. The van der Waals surface area contributed by atoms with Gasteiger partial charge in [-0.15, -0.1) is 0 Å². The van der Waals surface area contributed by atoms with E-state index in [0.717, 1.165) is 11.1 Å². The Kier molecular flexibility index (Phi) is 2.96. The summed E-state index contributed by atoms with van der Waals surface area (Å²) in [5, 5.41) is 0. The van der Waals surface area contributed by atoms with Gasteiger partial charge in [0.1, 0.15) is 0 Å². The van der Waals surface area contributed by atoms with E-state index in [1.165, 1.54) is 7.11 Å². The fourth-order valence-corrected chi connectivity index (χ4v) is 1.21. The molecule has 0 aromatic heterocycles. The van der Waals surface area contributed by atoms with E-state index in [1.807, 2.05) is 6.92 Å². The predicted molar refractivity (Wildman–Crippen MR) is 55.7 cm³/mol. The van der Waals surface area contributed by atoms with E-state index in [9.17, 15) is 4.79 Å². The molecule has 4 nitrogen and oxygen atoms in total. The summed E-state index contributed by atoms with van der Waals surface area (Å²) in [5.74, 6) is -0.280. The molecule has 4 N–H and O–H groups in total. The van der Waals surface area contributed by atoms with Crippen molar-refractivity contribution in [3.05, 3.63) is 23.3 Å². The Morgan fingerprint density at radius 3 is 2.50 bits per heavy atom. The lowest BCUT2D eigenvalue weighted by molar-refractivity contribution is -0.139. The second kappa shape index (κ2) is 4.00. The van der Waals surface area contributed by atoms with Gasteiger partial charge in [-0.25, -0.2) is 0 Å². The van der Waals surface area contributed by atoms with E-state index in [0.29, 0.717) is 11.4 Å². The summed E-state index contributed by atoms with van der Waals surface area (Å²) < 4.78 is 4.57. The molecular formula is C10H14N2O2. The van der Waals surface area contributed by atoms with Crippen molar-refractivity contribution < 1.29 is 9.53 Å². The number of methoxy groups -OCH3 is 1. The molecule has 0 bridgehead atoms. The lowest BCUT2D eigenvalue weighted by Crippen LogP contribution is -2.07. The first kappa shape index (κ1) is 10.4. The highest BCUT2D eigenvalue weighted by Crippen LogP contribution is 2.20. The van der Waals surface area contributed by atoms with E-state index in [2.05, 4.69) is 4.74 Å². The second-order valence-corrected chi connectivity index (χ2v) is 3.16. The number of aryl methyl sites for hydroxylation is 1. The molecule has 14 heavy (non-hydrogen) atoms. The molecule has 0 unspecified atom stereocenters. The zero-order chi connectivity index (χ0) is 10.7. The first-order valence-corrected chi connectivity index (χ1v) is 4.26. The van der Waals surface area contributed by atoms with Crippen LogP contribution in [0.5, 0.6) is 0 Å². The van der Waals surface area contributed by atoms with Gasteiger partial charge in [0.2, 0.25) is 0 Å². The van der Waals surface area contributed by atoms with Crippen molar-refractivity contribution in [3.63, 3.8) is 0 Å². The minimum absolute atomic E-state index is 0.229. The minimum Gasteiger partial charge on any atom is -0.469 e. The number of hydrogen-bond acceptors (Lipinski definition) is 4. The monoisotopic (exact) mass is 194 g/mol. The van der Waals surface area contributed by atoms with Gasteiger partial charge >= 0.3 is 5.97 Å². The molecule has 1 aromatic rings. The summed E-state index contributed by atoms with van der Waals surface area (Å²) in [6, 6.07) is 3.47. The number of esters is 1. The van der Waals surface area contributed by atoms with E-state index >= 15 is 0 Å². The Morgan fingerprint density at radius 1 is 1.36 bits per heavy atom. The first-order chi connectivity index (χ1) is 6.54. The molecule has 0 amide bonds. The van der Waals surface area contributed by atoms with Crippen molar-refractivity contribution in [1.29, 1.82) is 0 Å². The lowest BCUT2D eigenvalue weighted by atomic mass is 10.0. The third kappa shape index (κ3) is 2.16. The normalized spacial score (nSPS) is 9.86. The highest BCUT2D eigenvalue weighted by atomic mass is 16.5. The third-order valence-corrected chi connectivity index (χ3v) is 2.10. The van der Waals surface area contributed by atoms with Crippen LogP contribution in [0.25, 0.3) is 0 Å². The van der Waals surface area contributed by atoms with Gasteiger partial charge < -0.3 is 16.2 Å². The van der Waals surface area contributed by atoms with Crippen LogP contribution in [-0.4, -0.2) is 13.1 Å². The van der Waals surface area contributed by atoms with Crippen LogP contribution >= 0.6 is 0 Å². The van der Waals surface area contributed by atoms with Crippen LogP contribution in [0.2, 0.25) is 0 Å². The van der Waals surface area contributed by atoms with Gasteiger partial charge in [0.05, 0.1) is 24.9 Å². The Hall–Kier alpha value is -1.71. The molecule has 0 aliphatic rings. The average molecular weight is 194 g/mol. The smallest absolute Gasteiger partial charge is 0.309 e. The Balaban J connectivity index is 2.98. The molecule has 76 valence electrons. The molecule has 1 aromatic carbocycles. The van der Waals surface area contributed by atoms with E-state index < -0.39 is 0 Å². The molecule has 0 atom stereocenters. The van der Waals surface area contributed by atoms with Gasteiger partial charge in [0.25, 0.3) is 0 Å². The minimum atomic E-state index is -0.280. The lowest BCUT2D eigenvalue weighted by Gasteiger charge is -2.08. The molecule has 0 spiro atoms. The average Bonchev–Trinajstić information content (AvgIpc) is 2.14. The Labute approximate surface area is 82.8 Å². The van der Waals surface area contributed by atoms with Crippen LogP contribution in [0.3, 0.4) is 0 Å². The number of anilines is 2. The molecule has 0 fully saturated rings. The van der Waals surface area contributed by atoms with Crippen molar-refractivity contribution in [2.75, 3.05) is 18.6 Å². The van der Waals surface area contributed by atoms with Gasteiger partial charge in [-0.3, -0.25) is 4.79 Å². The van der Waals surface area contributed by atoms with Crippen LogP contribution in [0.1, 0.15) is 11.1 Å². The summed E-state index contributed by atoms with van der Waals surface area (Å²) in [6.07, 6.45) is 0.229. The fraction of sp³-hybridized carbons (Fsp3) is 0.300. The Morgan fingerprint density at radius 2 is 1.93 bits per heavy atom. The molecular weight excluding hydrogens is 180 g/mol. The number of rotatable bonds is 2. The molecule has 0 saturated carbocycles. The largest absolute Gasteiger partial charge is 0.469 e. The van der Waals surface area contributed by atoms with Crippen molar-refractivity contribution in [2.45, 2.75) is 13.3 Å². The number of carbonyl (C=O) groups excluding carboxylic acids is 1. The van der Waals surface area contributed by atoms with Crippen LogP contribution in [-0.2, 0) is 16.0 Å². The highest BCUT2D eigenvalue weighted by Gasteiger charge is 2.07. The fourth-order valence-electron chi connectivity index (χ4n) is 1.21. The zero-order valence-corrected chi connectivity index (χ0v) is 8.33. The SMILES string of the molecule is COC(=O)Cc1cc(N)c(N)cc1C. The highest BCUT2D eigenvalue weighted by molar-refractivity contribution is 5.75. The number of ether oxygens (including phenoxy) is 1. The second-order valence-electron chi connectivity index (χ2n) is 3.16. The summed E-state index contributed by atoms with van der Waals surface area (Å²) in [5.41, 5.74) is 14.1. The van der Waals surface area contributed by atoms with Crippen LogP contribution in [0.15, 0.2) is 12.1 Å². The quantitative estimate of drug-likeness (QED) is 0.541. The van der Waals surface area contributed by atoms with Crippen LogP contribution in [0.4, 0.5) is 11.4 Å². The topological polar surface area (TPSA) is 78.3 Å².